The van der Waals surface area contributed by atoms with Crippen molar-refractivity contribution < 1.29 is 9.36 Å². The molecule has 1 rings (SSSR count). The van der Waals surface area contributed by atoms with E-state index in [1.807, 2.05) is 17.8 Å². The highest BCUT2D eigenvalue weighted by atomic mass is 32.2. The lowest BCUT2D eigenvalue weighted by Crippen LogP contribution is -2.23. The Bertz CT molecular complexity index is 487. The van der Waals surface area contributed by atoms with Crippen LogP contribution in [0.3, 0.4) is 0 Å². The lowest BCUT2D eigenvalue weighted by atomic mass is 10.0. The molecule has 0 spiro atoms. The molecule has 0 radical (unpaired) electrons. The molecule has 0 fully saturated rings. The molecule has 0 aliphatic heterocycles. The molecular weight excluding hydrogens is 364 g/mol. The second-order valence-electron chi connectivity index (χ2n) is 8.24. The van der Waals surface area contributed by atoms with Crippen molar-refractivity contribution in [2.75, 3.05) is 5.75 Å². The first kappa shape index (κ1) is 25.3. The van der Waals surface area contributed by atoms with Crippen LogP contribution < -0.4 is 4.57 Å². The molecule has 4 heteroatoms. The Labute approximate surface area is 178 Å². The molecule has 0 aliphatic carbocycles. The summed E-state index contributed by atoms with van der Waals surface area (Å²) in [6, 6.07) is 0. The van der Waals surface area contributed by atoms with Crippen LogP contribution in [0.1, 0.15) is 110 Å². The van der Waals surface area contributed by atoms with E-state index in [4.69, 9.17) is 0 Å². The number of unbranched alkanes of at least 4 members (excludes halogenated alkanes) is 14. The predicted octanol–water partition coefficient (Wildman–Crippen LogP) is 6.83. The summed E-state index contributed by atoms with van der Waals surface area (Å²) in [4.78, 5) is 11.9. The fraction of sp³-hybridized carbons (Fsp3) is 0.833. The fourth-order valence-electron chi connectivity index (χ4n) is 3.61. The zero-order valence-electron chi connectivity index (χ0n) is 18.7. The van der Waals surface area contributed by atoms with E-state index in [0.717, 1.165) is 25.1 Å². The third kappa shape index (κ3) is 15.2. The Morgan fingerprint density at radius 2 is 1.32 bits per heavy atom. The molecule has 0 bridgehead atoms. The Balaban J connectivity index is 1.76. The maximum absolute atomic E-state index is 11.9. The molecular formula is C24H45N2OS+. The van der Waals surface area contributed by atoms with Crippen LogP contribution in [-0.4, -0.2) is 15.4 Å². The molecule has 1 heterocycles. The van der Waals surface area contributed by atoms with E-state index >= 15 is 0 Å². The Hall–Kier alpha value is -0.770. The molecule has 0 aromatic carbocycles. The van der Waals surface area contributed by atoms with Gasteiger partial charge in [-0.15, -0.1) is 0 Å². The van der Waals surface area contributed by atoms with E-state index in [1.165, 1.54) is 102 Å². The summed E-state index contributed by atoms with van der Waals surface area (Å²) in [6.07, 6.45) is 27.5. The molecule has 0 saturated carbocycles. The van der Waals surface area contributed by atoms with Gasteiger partial charge in [-0.05, 0) is 6.42 Å². The van der Waals surface area contributed by atoms with Gasteiger partial charge in [0.1, 0.15) is 12.4 Å². The van der Waals surface area contributed by atoms with Crippen LogP contribution in [-0.2, 0) is 18.4 Å². The number of carbonyl (C=O) groups is 1. The second kappa shape index (κ2) is 18.3. The van der Waals surface area contributed by atoms with Crippen LogP contribution in [0, 0.1) is 0 Å². The lowest BCUT2D eigenvalue weighted by Gasteiger charge is -2.03. The minimum atomic E-state index is 0.367. The molecule has 0 saturated heterocycles. The lowest BCUT2D eigenvalue weighted by molar-refractivity contribution is -0.671. The number of nitrogens with zero attached hydrogens (tertiary/aromatic N) is 2. The third-order valence-electron chi connectivity index (χ3n) is 5.42. The monoisotopic (exact) mass is 409 g/mol. The van der Waals surface area contributed by atoms with E-state index in [2.05, 4.69) is 24.0 Å². The van der Waals surface area contributed by atoms with Gasteiger partial charge in [-0.2, -0.15) is 0 Å². The van der Waals surface area contributed by atoms with E-state index < -0.39 is 0 Å². The Morgan fingerprint density at radius 3 is 1.79 bits per heavy atom. The summed E-state index contributed by atoms with van der Waals surface area (Å²) in [5, 5.41) is 0.367. The van der Waals surface area contributed by atoms with Crippen molar-refractivity contribution in [3.05, 3.63) is 18.7 Å². The first-order chi connectivity index (χ1) is 13.7. The van der Waals surface area contributed by atoms with Gasteiger partial charge in [-0.1, -0.05) is 109 Å². The van der Waals surface area contributed by atoms with Gasteiger partial charge in [-0.25, -0.2) is 9.13 Å². The molecule has 0 aliphatic rings. The normalized spacial score (nSPS) is 11.2. The average molecular weight is 410 g/mol. The molecule has 0 atom stereocenters. The first-order valence-corrected chi connectivity index (χ1v) is 12.9. The van der Waals surface area contributed by atoms with Crippen molar-refractivity contribution in [2.45, 2.75) is 116 Å². The average Bonchev–Trinajstić information content (AvgIpc) is 3.10. The van der Waals surface area contributed by atoms with E-state index in [9.17, 15) is 4.79 Å². The van der Waals surface area contributed by atoms with Gasteiger partial charge in [0.05, 0.1) is 13.6 Å². The standard InChI is InChI=1S/C24H45N2OS/c1-3-4-5-6-7-8-9-10-11-12-13-14-15-16-17-18-24(27)28-22-21-26-20-19-25(2)23-26/h19-20,23H,3-18,21-22H2,1-2H3/q+1. The van der Waals surface area contributed by atoms with Crippen molar-refractivity contribution in [3.63, 3.8) is 0 Å². The van der Waals surface area contributed by atoms with Crippen molar-refractivity contribution in [1.82, 2.24) is 4.57 Å². The topological polar surface area (TPSA) is 25.9 Å². The van der Waals surface area contributed by atoms with E-state index in [-0.39, 0.29) is 0 Å². The van der Waals surface area contributed by atoms with Crippen LogP contribution in [0.2, 0.25) is 0 Å². The van der Waals surface area contributed by atoms with Crippen molar-refractivity contribution >= 4 is 16.9 Å². The summed E-state index contributed by atoms with van der Waals surface area (Å²) in [5.74, 6) is 0.881. The maximum Gasteiger partial charge on any atom is 0.243 e. The SMILES string of the molecule is CCCCCCCCCCCCCCCCCC(=O)SCCn1cc[n+](C)c1. The Kier molecular flexibility index (Phi) is 16.5. The minimum Gasteiger partial charge on any atom is -0.287 e. The number of hydrogen-bond acceptors (Lipinski definition) is 2. The molecule has 0 unspecified atom stereocenters. The zero-order chi connectivity index (χ0) is 20.3. The van der Waals surface area contributed by atoms with Crippen molar-refractivity contribution in [1.29, 1.82) is 0 Å². The highest BCUT2D eigenvalue weighted by Gasteiger charge is 2.05. The smallest absolute Gasteiger partial charge is 0.243 e. The van der Waals surface area contributed by atoms with E-state index in [0.29, 0.717) is 5.12 Å². The number of rotatable bonds is 19. The number of imidazole rings is 1. The summed E-state index contributed by atoms with van der Waals surface area (Å²) in [5.41, 5.74) is 0. The van der Waals surface area contributed by atoms with Crippen LogP contribution in [0.5, 0.6) is 0 Å². The molecule has 1 aromatic heterocycles. The largest absolute Gasteiger partial charge is 0.287 e. The summed E-state index contributed by atoms with van der Waals surface area (Å²) >= 11 is 1.50. The van der Waals surface area contributed by atoms with Gasteiger partial charge in [0.25, 0.3) is 0 Å². The van der Waals surface area contributed by atoms with Gasteiger partial charge in [0.2, 0.25) is 6.33 Å². The highest BCUT2D eigenvalue weighted by molar-refractivity contribution is 8.13. The maximum atomic E-state index is 11.9. The zero-order valence-corrected chi connectivity index (χ0v) is 19.5. The minimum absolute atomic E-state index is 0.367. The van der Waals surface area contributed by atoms with Crippen LogP contribution in [0.15, 0.2) is 18.7 Å². The molecule has 0 N–H and O–H groups in total. The van der Waals surface area contributed by atoms with Gasteiger partial charge in [0.15, 0.2) is 5.12 Å². The molecule has 0 amide bonds. The molecule has 3 nitrogen and oxygen atoms in total. The summed E-state index contributed by atoms with van der Waals surface area (Å²) in [7, 11) is 2.02. The molecule has 162 valence electrons. The van der Waals surface area contributed by atoms with Gasteiger partial charge in [0, 0.05) is 12.2 Å². The fourth-order valence-corrected chi connectivity index (χ4v) is 4.43. The van der Waals surface area contributed by atoms with Crippen LogP contribution >= 0.6 is 11.8 Å². The number of thioether (sulfide) groups is 1. The van der Waals surface area contributed by atoms with Gasteiger partial charge < -0.3 is 0 Å². The Morgan fingerprint density at radius 1 is 0.821 bits per heavy atom. The first-order valence-electron chi connectivity index (χ1n) is 11.9. The number of aryl methyl sites for hydroxylation is 2. The predicted molar refractivity (Wildman–Crippen MR) is 123 cm³/mol. The number of hydrogen-bond donors (Lipinski definition) is 0. The summed E-state index contributed by atoms with van der Waals surface area (Å²) in [6.45, 7) is 3.20. The van der Waals surface area contributed by atoms with Gasteiger partial charge in [-0.3, -0.25) is 4.79 Å². The third-order valence-corrected chi connectivity index (χ3v) is 6.33. The second-order valence-corrected chi connectivity index (χ2v) is 9.39. The molecule has 28 heavy (non-hydrogen) atoms. The number of aromatic nitrogens is 2. The van der Waals surface area contributed by atoms with Crippen LogP contribution in [0.4, 0.5) is 0 Å². The van der Waals surface area contributed by atoms with Gasteiger partial charge >= 0.3 is 0 Å². The highest BCUT2D eigenvalue weighted by Crippen LogP contribution is 2.15. The van der Waals surface area contributed by atoms with Crippen molar-refractivity contribution in [3.8, 4) is 0 Å². The summed E-state index contributed by atoms with van der Waals surface area (Å²) < 4.78 is 4.16. The number of carbonyl (C=O) groups excluding carboxylic acids is 1. The molecule has 1 aromatic rings. The van der Waals surface area contributed by atoms with Crippen molar-refractivity contribution in [2.24, 2.45) is 7.05 Å². The van der Waals surface area contributed by atoms with E-state index in [1.54, 1.807) is 0 Å². The van der Waals surface area contributed by atoms with Crippen LogP contribution in [0.25, 0.3) is 0 Å². The quantitative estimate of drug-likeness (QED) is 0.185.